The molecule has 4 aliphatic carbocycles. The van der Waals surface area contributed by atoms with Gasteiger partial charge in [0.1, 0.15) is 0 Å². The molecule has 4 unspecified atom stereocenters. The first-order valence-electron chi connectivity index (χ1n) is 4.85. The minimum atomic E-state index is 0.748. The van der Waals surface area contributed by atoms with Gasteiger partial charge in [-0.3, -0.25) is 0 Å². The highest BCUT2D eigenvalue weighted by Crippen LogP contribution is 2.57. The first kappa shape index (κ1) is 6.71. The molecule has 0 aromatic carbocycles. The molecule has 3 fully saturated rings. The largest absolute Gasteiger partial charge is 0.0953 e. The summed E-state index contributed by atoms with van der Waals surface area (Å²) >= 11 is 0. The Hall–Kier alpha value is -0.780. The second-order valence-electron chi connectivity index (χ2n) is 4.38. The topological polar surface area (TPSA) is 0 Å². The molecule has 4 atom stereocenters. The summed E-state index contributed by atoms with van der Waals surface area (Å²) in [6.07, 6.45) is 7.46. The lowest BCUT2D eigenvalue weighted by Gasteiger charge is -2.53. The molecular weight excluding hydrogens is 144 g/mol. The van der Waals surface area contributed by atoms with Crippen LogP contribution >= 0.6 is 0 Å². The molecule has 0 aliphatic heterocycles. The molecule has 0 spiro atoms. The van der Waals surface area contributed by atoms with Gasteiger partial charge in [0.05, 0.1) is 0 Å². The van der Waals surface area contributed by atoms with Crippen molar-refractivity contribution >= 4 is 0 Å². The van der Waals surface area contributed by atoms with Crippen LogP contribution in [0.1, 0.15) is 12.8 Å². The van der Waals surface area contributed by atoms with Crippen molar-refractivity contribution in [2.24, 2.45) is 23.7 Å². The van der Waals surface area contributed by atoms with Crippen LogP contribution in [0.15, 0.2) is 36.5 Å². The molecule has 0 aromatic rings. The summed E-state index contributed by atoms with van der Waals surface area (Å²) in [4.78, 5) is 0. The third-order valence-electron chi connectivity index (χ3n) is 4.03. The van der Waals surface area contributed by atoms with Crippen LogP contribution in [0.5, 0.6) is 0 Å². The Kier molecular flexibility index (Phi) is 1.08. The van der Waals surface area contributed by atoms with E-state index in [1.807, 2.05) is 0 Å². The minimum Gasteiger partial charge on any atom is -0.0953 e. The van der Waals surface area contributed by atoms with Gasteiger partial charge in [-0.1, -0.05) is 25.3 Å². The van der Waals surface area contributed by atoms with E-state index in [-0.39, 0.29) is 0 Å². The van der Waals surface area contributed by atoms with E-state index in [9.17, 15) is 0 Å². The van der Waals surface area contributed by atoms with Crippen molar-refractivity contribution in [3.8, 4) is 0 Å². The van der Waals surface area contributed by atoms with Gasteiger partial charge in [-0.25, -0.2) is 0 Å². The van der Waals surface area contributed by atoms with Crippen LogP contribution in [0.25, 0.3) is 0 Å². The van der Waals surface area contributed by atoms with E-state index in [0.29, 0.717) is 0 Å². The molecular formula is C12H14. The van der Waals surface area contributed by atoms with Crippen molar-refractivity contribution in [3.05, 3.63) is 36.5 Å². The average Bonchev–Trinajstić information content (AvgIpc) is 2.00. The van der Waals surface area contributed by atoms with Gasteiger partial charge in [0.2, 0.25) is 0 Å². The third-order valence-corrected chi connectivity index (χ3v) is 4.03. The van der Waals surface area contributed by atoms with E-state index in [2.05, 4.69) is 25.3 Å². The molecule has 12 heavy (non-hydrogen) atoms. The predicted molar refractivity (Wildman–Crippen MR) is 50.6 cm³/mol. The van der Waals surface area contributed by atoms with Gasteiger partial charge in [-0.2, -0.15) is 0 Å². The molecule has 2 bridgehead atoms. The second-order valence-corrected chi connectivity index (χ2v) is 4.38. The van der Waals surface area contributed by atoms with Crippen molar-refractivity contribution in [1.82, 2.24) is 0 Å². The fourth-order valence-electron chi connectivity index (χ4n) is 3.21. The standard InChI is InChI=1S/C12H14/c1-7-8(2)10-4-3-9(7)11-5-6-12(10)11/h5-6,9-12H,1-4H2. The lowest BCUT2D eigenvalue weighted by molar-refractivity contribution is 0.148. The Morgan fingerprint density at radius 2 is 1.33 bits per heavy atom. The van der Waals surface area contributed by atoms with E-state index in [1.165, 1.54) is 24.0 Å². The summed E-state index contributed by atoms with van der Waals surface area (Å²) in [6, 6.07) is 0. The third kappa shape index (κ3) is 0.565. The highest BCUT2D eigenvalue weighted by Gasteiger charge is 2.48. The second kappa shape index (κ2) is 1.93. The van der Waals surface area contributed by atoms with Crippen LogP contribution in [0.3, 0.4) is 0 Å². The summed E-state index contributed by atoms with van der Waals surface area (Å²) in [7, 11) is 0. The molecule has 0 heterocycles. The molecule has 0 saturated heterocycles. The van der Waals surface area contributed by atoms with E-state index in [4.69, 9.17) is 0 Å². The van der Waals surface area contributed by atoms with Gasteiger partial charge >= 0.3 is 0 Å². The summed E-state index contributed by atoms with van der Waals surface area (Å²) in [5.74, 6) is 3.17. The van der Waals surface area contributed by atoms with E-state index < -0.39 is 0 Å². The number of hydrogen-bond acceptors (Lipinski definition) is 0. The Labute approximate surface area is 73.7 Å². The van der Waals surface area contributed by atoms with Gasteiger partial charge in [0.25, 0.3) is 0 Å². The number of fused-ring (bicyclic) bond motifs is 2. The van der Waals surface area contributed by atoms with Gasteiger partial charge < -0.3 is 0 Å². The molecule has 3 saturated carbocycles. The summed E-state index contributed by atoms with van der Waals surface area (Å²) in [5.41, 5.74) is 2.72. The zero-order valence-corrected chi connectivity index (χ0v) is 7.29. The molecule has 0 radical (unpaired) electrons. The van der Waals surface area contributed by atoms with Crippen molar-refractivity contribution in [1.29, 1.82) is 0 Å². The predicted octanol–water partition coefficient (Wildman–Crippen LogP) is 2.94. The molecule has 4 aliphatic rings. The Balaban J connectivity index is 2.08. The quantitative estimate of drug-likeness (QED) is 0.475. The number of hydrogen-bond donors (Lipinski definition) is 0. The zero-order valence-electron chi connectivity index (χ0n) is 7.29. The van der Waals surface area contributed by atoms with Crippen molar-refractivity contribution in [3.63, 3.8) is 0 Å². The Morgan fingerprint density at radius 3 is 1.67 bits per heavy atom. The summed E-state index contributed by atoms with van der Waals surface area (Å²) in [6.45, 7) is 8.33. The number of rotatable bonds is 0. The Bertz CT molecular complexity index is 265. The fraction of sp³-hybridized carbons (Fsp3) is 0.500. The summed E-state index contributed by atoms with van der Waals surface area (Å²) < 4.78 is 0. The normalized spacial score (nSPS) is 49.0. The molecule has 0 heteroatoms. The minimum absolute atomic E-state index is 0.748. The maximum atomic E-state index is 4.16. The van der Waals surface area contributed by atoms with Gasteiger partial charge in [0, 0.05) is 0 Å². The van der Waals surface area contributed by atoms with Crippen molar-refractivity contribution in [2.45, 2.75) is 12.8 Å². The van der Waals surface area contributed by atoms with Crippen LogP contribution in [0, 0.1) is 23.7 Å². The molecule has 4 rings (SSSR count). The van der Waals surface area contributed by atoms with Crippen molar-refractivity contribution in [2.75, 3.05) is 0 Å². The monoisotopic (exact) mass is 158 g/mol. The number of allylic oxidation sites excluding steroid dienone is 4. The maximum Gasteiger partial charge on any atom is -0.00958 e. The van der Waals surface area contributed by atoms with Gasteiger partial charge in [-0.05, 0) is 47.7 Å². The van der Waals surface area contributed by atoms with Crippen molar-refractivity contribution < 1.29 is 0 Å². The van der Waals surface area contributed by atoms with E-state index in [0.717, 1.165) is 23.7 Å². The van der Waals surface area contributed by atoms with Crippen LogP contribution in [-0.2, 0) is 0 Å². The molecule has 62 valence electrons. The Morgan fingerprint density at radius 1 is 0.917 bits per heavy atom. The zero-order chi connectivity index (χ0) is 8.29. The van der Waals surface area contributed by atoms with E-state index >= 15 is 0 Å². The van der Waals surface area contributed by atoms with Crippen LogP contribution < -0.4 is 0 Å². The van der Waals surface area contributed by atoms with Crippen LogP contribution in [0.4, 0.5) is 0 Å². The highest BCUT2D eigenvalue weighted by atomic mass is 14.5. The smallest absolute Gasteiger partial charge is 0.00958 e. The first-order chi connectivity index (χ1) is 5.79. The van der Waals surface area contributed by atoms with E-state index in [1.54, 1.807) is 0 Å². The SMILES string of the molecule is C=C1C(=C)C2CCC1C1C=CC21. The highest BCUT2D eigenvalue weighted by molar-refractivity contribution is 5.42. The van der Waals surface area contributed by atoms with Gasteiger partial charge in [-0.15, -0.1) is 0 Å². The maximum absolute atomic E-state index is 4.16. The summed E-state index contributed by atoms with van der Waals surface area (Å²) in [5, 5.41) is 0. The lowest BCUT2D eigenvalue weighted by Crippen LogP contribution is -2.44. The van der Waals surface area contributed by atoms with Crippen LogP contribution in [0.2, 0.25) is 0 Å². The van der Waals surface area contributed by atoms with Gasteiger partial charge in [0.15, 0.2) is 0 Å². The molecule has 0 nitrogen and oxygen atoms in total. The first-order valence-corrected chi connectivity index (χ1v) is 4.85. The van der Waals surface area contributed by atoms with Crippen LogP contribution in [-0.4, -0.2) is 0 Å². The fourth-order valence-corrected chi connectivity index (χ4v) is 3.21. The molecule has 0 aromatic heterocycles. The lowest BCUT2D eigenvalue weighted by atomic mass is 9.51. The molecule has 0 N–H and O–H groups in total. The molecule has 0 amide bonds. The average molecular weight is 158 g/mol.